The number of rotatable bonds is 10. The van der Waals surface area contributed by atoms with E-state index in [0.29, 0.717) is 34.9 Å². The van der Waals surface area contributed by atoms with E-state index in [4.69, 9.17) is 18.9 Å². The second-order valence-corrected chi connectivity index (χ2v) is 10.5. The first kappa shape index (κ1) is 31.9. The first-order chi connectivity index (χ1) is 22.3. The molecule has 2 aliphatic heterocycles. The van der Waals surface area contributed by atoms with Crippen LogP contribution in [-0.2, 0) is 18.9 Å². The second kappa shape index (κ2) is 14.1. The van der Waals surface area contributed by atoms with Gasteiger partial charge in [-0.3, -0.25) is 0 Å². The Hall–Kier alpha value is -5.52. The van der Waals surface area contributed by atoms with E-state index in [2.05, 4.69) is 19.9 Å². The van der Waals surface area contributed by atoms with Crippen LogP contribution < -0.4 is 0 Å². The lowest BCUT2D eigenvalue weighted by Crippen LogP contribution is -2.10. The maximum Gasteiger partial charge on any atom is 0.342 e. The summed E-state index contributed by atoms with van der Waals surface area (Å²) < 4.78 is 21.3. The van der Waals surface area contributed by atoms with Crippen molar-refractivity contribution in [3.8, 4) is 0 Å². The normalized spacial score (nSPS) is 11.7. The summed E-state index contributed by atoms with van der Waals surface area (Å²) in [5, 5.41) is 0. The minimum Gasteiger partial charge on any atom is -0.465 e. The zero-order chi connectivity index (χ0) is 32.8. The van der Waals surface area contributed by atoms with E-state index >= 15 is 0 Å². The Morgan fingerprint density at radius 1 is 0.543 bits per heavy atom. The number of methoxy groups -OCH3 is 2. The fraction of sp³-hybridized carbons (Fsp3) is 0.294. The van der Waals surface area contributed by atoms with Crippen LogP contribution in [0.4, 0.5) is 0 Å². The predicted molar refractivity (Wildman–Crippen MR) is 172 cm³/mol. The van der Waals surface area contributed by atoms with Crippen LogP contribution >= 0.6 is 0 Å². The molecule has 0 unspecified atom stereocenters. The highest BCUT2D eigenvalue weighted by Gasteiger charge is 2.25. The lowest BCUT2D eigenvalue weighted by Gasteiger charge is -2.06. The maximum absolute atomic E-state index is 13.5. The number of hydrogen-bond donors (Lipinski definition) is 2. The van der Waals surface area contributed by atoms with Crippen LogP contribution in [0.5, 0.6) is 0 Å². The van der Waals surface area contributed by atoms with Crippen molar-refractivity contribution < 1.29 is 38.1 Å². The van der Waals surface area contributed by atoms with Gasteiger partial charge >= 0.3 is 23.9 Å². The van der Waals surface area contributed by atoms with Crippen LogP contribution in [0.25, 0.3) is 46.4 Å². The Balaban J connectivity index is 1.92. The van der Waals surface area contributed by atoms with Gasteiger partial charge in [-0.2, -0.15) is 0 Å². The quantitative estimate of drug-likeness (QED) is 0.105. The van der Waals surface area contributed by atoms with Crippen LogP contribution in [0.3, 0.4) is 0 Å². The topological polar surface area (TPSA) is 163 Å². The molecule has 12 heteroatoms. The van der Waals surface area contributed by atoms with Crippen LogP contribution in [0.1, 0.15) is 104 Å². The van der Waals surface area contributed by atoms with Crippen LogP contribution in [-0.4, -0.2) is 71.2 Å². The van der Waals surface area contributed by atoms with Gasteiger partial charge in [0.1, 0.15) is 22.3 Å². The monoisotopic (exact) mass is 626 g/mol. The first-order valence-electron chi connectivity index (χ1n) is 15.0. The van der Waals surface area contributed by atoms with Gasteiger partial charge in [-0.15, -0.1) is 0 Å². The average molecular weight is 627 g/mol. The number of aromatic nitrogens is 4. The molecule has 3 aromatic rings. The van der Waals surface area contributed by atoms with E-state index in [-0.39, 0.29) is 58.2 Å². The minimum absolute atomic E-state index is 0.0779. The molecule has 0 saturated heterocycles. The zero-order valence-corrected chi connectivity index (χ0v) is 26.0. The number of nitrogens with one attached hydrogen (secondary N) is 2. The molecule has 0 aromatic carbocycles. The molecule has 3 aromatic heterocycles. The number of carbonyl (C=O) groups is 4. The van der Waals surface area contributed by atoms with Gasteiger partial charge in [0, 0.05) is 0 Å². The highest BCUT2D eigenvalue weighted by molar-refractivity contribution is 6.08. The lowest BCUT2D eigenvalue weighted by molar-refractivity contribution is 0.0491. The number of aromatic amines is 2. The molecular weight excluding hydrogens is 592 g/mol. The number of esters is 4. The van der Waals surface area contributed by atoms with Crippen LogP contribution in [0.2, 0.25) is 0 Å². The van der Waals surface area contributed by atoms with E-state index in [1.54, 1.807) is 48.6 Å². The summed E-state index contributed by atoms with van der Waals surface area (Å²) in [5.41, 5.74) is 2.49. The van der Waals surface area contributed by atoms with Gasteiger partial charge in [0.25, 0.3) is 0 Å². The van der Waals surface area contributed by atoms with E-state index < -0.39 is 23.9 Å². The number of nitrogens with zero attached hydrogens (tertiary/aromatic N) is 2. The van der Waals surface area contributed by atoms with Crippen molar-refractivity contribution in [2.45, 2.75) is 39.5 Å². The van der Waals surface area contributed by atoms with Crippen molar-refractivity contribution >= 4 is 70.2 Å². The van der Waals surface area contributed by atoms with Gasteiger partial charge in [-0.25, -0.2) is 29.1 Å². The minimum atomic E-state index is -0.688. The zero-order valence-electron chi connectivity index (χ0n) is 26.0. The molecule has 0 amide bonds. The molecule has 5 heterocycles. The standard InChI is InChI=1S/C34H34N4O8/c1-5-7-17-45-33(41)29-23-13-9-19(35-23)27(31(39)43-3)21-11-15-25(37-21)30(34(42)46-18-8-6-2)26-16-12-22(38-26)28(32(40)44-4)20-10-14-24(29)36-20/h9-16,35,38H,5-8,17-18H2,1-4H3. The Bertz CT molecular complexity index is 1790. The van der Waals surface area contributed by atoms with Crippen molar-refractivity contribution in [3.63, 3.8) is 0 Å². The third-order valence-corrected chi connectivity index (χ3v) is 7.40. The van der Waals surface area contributed by atoms with Crippen molar-refractivity contribution in [2.24, 2.45) is 0 Å². The van der Waals surface area contributed by atoms with Crippen molar-refractivity contribution in [1.29, 1.82) is 0 Å². The number of fused-ring (bicyclic) bond motifs is 8. The first-order valence-corrected chi connectivity index (χ1v) is 15.0. The molecule has 0 fully saturated rings. The predicted octanol–water partition coefficient (Wildman–Crippen LogP) is 6.14. The number of hydrogen-bond acceptors (Lipinski definition) is 10. The van der Waals surface area contributed by atoms with E-state index in [9.17, 15) is 19.2 Å². The fourth-order valence-corrected chi connectivity index (χ4v) is 5.03. The largest absolute Gasteiger partial charge is 0.465 e. The molecule has 0 radical (unpaired) electrons. The highest BCUT2D eigenvalue weighted by Crippen LogP contribution is 2.28. The summed E-state index contributed by atoms with van der Waals surface area (Å²) in [7, 11) is 2.50. The number of carbonyl (C=O) groups excluding carboxylic acids is 4. The van der Waals surface area contributed by atoms with E-state index in [1.165, 1.54) is 14.2 Å². The Kier molecular flexibility index (Phi) is 9.75. The molecule has 238 valence electrons. The van der Waals surface area contributed by atoms with Gasteiger partial charge in [0.2, 0.25) is 0 Å². The number of unbranched alkanes of at least 4 members (excludes halogenated alkanes) is 2. The third kappa shape index (κ3) is 6.32. The third-order valence-electron chi connectivity index (χ3n) is 7.40. The molecule has 0 saturated carbocycles. The van der Waals surface area contributed by atoms with Gasteiger partial charge in [-0.1, -0.05) is 26.7 Å². The Labute approximate surface area is 264 Å². The van der Waals surface area contributed by atoms with Gasteiger partial charge in [0.15, 0.2) is 0 Å². The van der Waals surface area contributed by atoms with Gasteiger partial charge < -0.3 is 28.9 Å². The smallest absolute Gasteiger partial charge is 0.342 e. The molecular formula is C34H34N4O8. The fourth-order valence-electron chi connectivity index (χ4n) is 5.03. The molecule has 12 nitrogen and oxygen atoms in total. The molecule has 0 atom stereocenters. The number of H-pyrrole nitrogens is 2. The average Bonchev–Trinajstić information content (AvgIpc) is 3.88. The van der Waals surface area contributed by atoms with Crippen LogP contribution in [0.15, 0.2) is 24.3 Å². The van der Waals surface area contributed by atoms with Gasteiger partial charge in [0.05, 0.1) is 72.3 Å². The molecule has 0 aliphatic carbocycles. The van der Waals surface area contributed by atoms with Crippen molar-refractivity contribution in [2.75, 3.05) is 27.4 Å². The molecule has 0 spiro atoms. The van der Waals surface area contributed by atoms with Crippen molar-refractivity contribution in [3.05, 3.63) is 69.3 Å². The van der Waals surface area contributed by atoms with E-state index in [1.807, 2.05) is 13.8 Å². The second-order valence-electron chi connectivity index (χ2n) is 10.5. The Morgan fingerprint density at radius 2 is 0.848 bits per heavy atom. The summed E-state index contributed by atoms with van der Waals surface area (Å²) in [4.78, 5) is 68.8. The summed E-state index contributed by atoms with van der Waals surface area (Å²) in [6.45, 7) is 4.36. The summed E-state index contributed by atoms with van der Waals surface area (Å²) >= 11 is 0. The lowest BCUT2D eigenvalue weighted by atomic mass is 10.2. The summed E-state index contributed by atoms with van der Waals surface area (Å²) in [6, 6.07) is 6.47. The van der Waals surface area contributed by atoms with Crippen molar-refractivity contribution in [1.82, 2.24) is 19.9 Å². The number of ether oxygens (including phenoxy) is 4. The molecule has 8 bridgehead atoms. The SMILES string of the molecule is CCCCOC(=O)c1c2nc(c(C(=O)OC)c3ccc([nH]3)c(C(=O)OCCCC)c3nc(c(C(=O)OC)c4ccc1[nH]4)C=C3)C=C2. The van der Waals surface area contributed by atoms with E-state index in [0.717, 1.165) is 12.8 Å². The highest BCUT2D eigenvalue weighted by atomic mass is 16.5. The molecule has 2 aliphatic rings. The maximum atomic E-state index is 13.5. The Morgan fingerprint density at radius 3 is 1.13 bits per heavy atom. The summed E-state index contributed by atoms with van der Waals surface area (Å²) in [5.74, 6) is -2.65. The summed E-state index contributed by atoms with van der Waals surface area (Å²) in [6.07, 6.45) is 9.34. The molecule has 2 N–H and O–H groups in total. The van der Waals surface area contributed by atoms with Gasteiger partial charge in [-0.05, 0) is 61.4 Å². The molecule has 46 heavy (non-hydrogen) atoms. The van der Waals surface area contributed by atoms with Crippen LogP contribution in [0, 0.1) is 0 Å². The molecule has 5 rings (SSSR count).